The molecule has 0 aliphatic rings. The normalized spacial score (nSPS) is 12.1. The van der Waals surface area contributed by atoms with Gasteiger partial charge in [-0.1, -0.05) is 59.7 Å². The topological polar surface area (TPSA) is 35.5 Å². The fourth-order valence-electron chi connectivity index (χ4n) is 2.21. The maximum Gasteiger partial charge on any atom is 0.344 e. The monoisotopic (exact) mass is 292 g/mol. The molecule has 0 aromatic heterocycles. The van der Waals surface area contributed by atoms with E-state index in [0.717, 1.165) is 16.9 Å². The zero-order valence-corrected chi connectivity index (χ0v) is 14.4. The second-order valence-electron chi connectivity index (χ2n) is 7.28. The Balaban J connectivity index is 3.21. The maximum absolute atomic E-state index is 11.6. The van der Waals surface area contributed by atoms with E-state index < -0.39 is 0 Å². The second-order valence-corrected chi connectivity index (χ2v) is 7.28. The SMILES string of the molecule is CCOC(=O)COc1c(C(C)(C)C)cccc1C(C)(C)C. The fraction of sp³-hybridized carbons (Fsp3) is 0.611. The number of hydrogen-bond acceptors (Lipinski definition) is 3. The number of carbonyl (C=O) groups excluding carboxylic acids is 1. The number of ether oxygens (including phenoxy) is 2. The Morgan fingerprint density at radius 1 is 1.00 bits per heavy atom. The van der Waals surface area contributed by atoms with Crippen LogP contribution in [0, 0.1) is 0 Å². The van der Waals surface area contributed by atoms with Crippen molar-refractivity contribution in [3.8, 4) is 5.75 Å². The Labute approximate surface area is 128 Å². The van der Waals surface area contributed by atoms with Crippen molar-refractivity contribution in [1.29, 1.82) is 0 Å². The van der Waals surface area contributed by atoms with Gasteiger partial charge in [-0.2, -0.15) is 0 Å². The van der Waals surface area contributed by atoms with Crippen LogP contribution in [0.25, 0.3) is 0 Å². The fourth-order valence-corrected chi connectivity index (χ4v) is 2.21. The number of carbonyl (C=O) groups is 1. The van der Waals surface area contributed by atoms with Crippen molar-refractivity contribution < 1.29 is 14.3 Å². The summed E-state index contributed by atoms with van der Waals surface area (Å²) in [5.41, 5.74) is 2.12. The first-order chi connectivity index (χ1) is 9.57. The van der Waals surface area contributed by atoms with Crippen LogP contribution >= 0.6 is 0 Å². The summed E-state index contributed by atoms with van der Waals surface area (Å²) in [7, 11) is 0. The number of rotatable bonds is 4. The first kappa shape index (κ1) is 17.5. The van der Waals surface area contributed by atoms with Crippen LogP contribution in [0.2, 0.25) is 0 Å². The van der Waals surface area contributed by atoms with Crippen molar-refractivity contribution in [1.82, 2.24) is 0 Å². The largest absolute Gasteiger partial charge is 0.481 e. The molecule has 0 unspecified atom stereocenters. The van der Waals surface area contributed by atoms with Gasteiger partial charge in [0.15, 0.2) is 6.61 Å². The van der Waals surface area contributed by atoms with Crippen molar-refractivity contribution >= 4 is 5.97 Å². The summed E-state index contributed by atoms with van der Waals surface area (Å²) in [5.74, 6) is 0.478. The third-order valence-corrected chi connectivity index (χ3v) is 3.27. The van der Waals surface area contributed by atoms with E-state index in [1.807, 2.05) is 0 Å². The molecule has 0 heterocycles. The van der Waals surface area contributed by atoms with Crippen molar-refractivity contribution in [3.05, 3.63) is 29.3 Å². The van der Waals surface area contributed by atoms with E-state index in [0.29, 0.717) is 6.61 Å². The number of hydrogen-bond donors (Lipinski definition) is 0. The van der Waals surface area contributed by atoms with E-state index >= 15 is 0 Å². The summed E-state index contributed by atoms with van der Waals surface area (Å²) >= 11 is 0. The molecular formula is C18H28O3. The molecule has 0 bridgehead atoms. The number of esters is 1. The third-order valence-electron chi connectivity index (χ3n) is 3.27. The average Bonchev–Trinajstić information content (AvgIpc) is 2.34. The summed E-state index contributed by atoms with van der Waals surface area (Å²) in [5, 5.41) is 0. The summed E-state index contributed by atoms with van der Waals surface area (Å²) < 4.78 is 10.8. The van der Waals surface area contributed by atoms with Crippen LogP contribution < -0.4 is 4.74 Å². The van der Waals surface area contributed by atoms with Gasteiger partial charge in [0.05, 0.1) is 6.61 Å². The van der Waals surface area contributed by atoms with E-state index in [1.54, 1.807) is 6.92 Å². The lowest BCUT2D eigenvalue weighted by atomic mass is 9.79. The van der Waals surface area contributed by atoms with Crippen molar-refractivity contribution in [3.63, 3.8) is 0 Å². The molecule has 0 N–H and O–H groups in total. The Morgan fingerprint density at radius 3 is 1.86 bits per heavy atom. The number of para-hydroxylation sites is 1. The van der Waals surface area contributed by atoms with E-state index in [2.05, 4.69) is 59.7 Å². The third kappa shape index (κ3) is 4.76. The quantitative estimate of drug-likeness (QED) is 0.779. The highest BCUT2D eigenvalue weighted by atomic mass is 16.6. The highest BCUT2D eigenvalue weighted by molar-refractivity contribution is 5.71. The molecule has 3 heteroatoms. The molecule has 0 saturated carbocycles. The lowest BCUT2D eigenvalue weighted by molar-refractivity contribution is -0.145. The van der Waals surface area contributed by atoms with Crippen LogP contribution in [0.4, 0.5) is 0 Å². The van der Waals surface area contributed by atoms with Gasteiger partial charge in [0.1, 0.15) is 5.75 Å². The predicted octanol–water partition coefficient (Wildman–Crippen LogP) is 4.22. The Kier molecular flexibility index (Phi) is 5.43. The molecule has 0 amide bonds. The van der Waals surface area contributed by atoms with Crippen LogP contribution in [0.15, 0.2) is 18.2 Å². The Morgan fingerprint density at radius 2 is 1.48 bits per heavy atom. The first-order valence-electron chi connectivity index (χ1n) is 7.49. The van der Waals surface area contributed by atoms with Crippen LogP contribution in [0.1, 0.15) is 59.6 Å². The highest BCUT2D eigenvalue weighted by Crippen LogP contribution is 2.39. The minimum Gasteiger partial charge on any atom is -0.481 e. The van der Waals surface area contributed by atoms with Gasteiger partial charge in [-0.05, 0) is 28.9 Å². The van der Waals surface area contributed by atoms with E-state index in [4.69, 9.17) is 9.47 Å². The highest BCUT2D eigenvalue weighted by Gasteiger charge is 2.26. The van der Waals surface area contributed by atoms with Gasteiger partial charge in [-0.15, -0.1) is 0 Å². The van der Waals surface area contributed by atoms with Crippen LogP contribution in [0.3, 0.4) is 0 Å². The van der Waals surface area contributed by atoms with Crippen molar-refractivity contribution in [2.24, 2.45) is 0 Å². The zero-order chi connectivity index (χ0) is 16.3. The van der Waals surface area contributed by atoms with Gasteiger partial charge < -0.3 is 9.47 Å². The van der Waals surface area contributed by atoms with Gasteiger partial charge in [0.2, 0.25) is 0 Å². The molecule has 118 valence electrons. The Hall–Kier alpha value is -1.51. The zero-order valence-electron chi connectivity index (χ0n) is 14.4. The molecule has 0 spiro atoms. The minimum absolute atomic E-state index is 0.0503. The molecule has 0 aliphatic heterocycles. The van der Waals surface area contributed by atoms with Crippen LogP contribution in [-0.4, -0.2) is 19.2 Å². The van der Waals surface area contributed by atoms with E-state index in [9.17, 15) is 4.79 Å². The van der Waals surface area contributed by atoms with Crippen molar-refractivity contribution in [2.45, 2.75) is 59.3 Å². The van der Waals surface area contributed by atoms with Crippen molar-refractivity contribution in [2.75, 3.05) is 13.2 Å². The molecule has 0 atom stereocenters. The number of benzene rings is 1. The molecular weight excluding hydrogens is 264 g/mol. The van der Waals surface area contributed by atoms with Gasteiger partial charge in [0.25, 0.3) is 0 Å². The average molecular weight is 292 g/mol. The lowest BCUT2D eigenvalue weighted by Crippen LogP contribution is -2.22. The molecule has 0 radical (unpaired) electrons. The predicted molar refractivity (Wildman–Crippen MR) is 86.0 cm³/mol. The Bertz CT molecular complexity index is 458. The van der Waals surface area contributed by atoms with Crippen LogP contribution in [-0.2, 0) is 20.4 Å². The molecule has 21 heavy (non-hydrogen) atoms. The molecule has 0 fully saturated rings. The summed E-state index contributed by atoms with van der Waals surface area (Å²) in [4.78, 5) is 11.6. The first-order valence-corrected chi connectivity index (χ1v) is 7.49. The van der Waals surface area contributed by atoms with Gasteiger partial charge in [0, 0.05) is 0 Å². The molecule has 1 aromatic carbocycles. The summed E-state index contributed by atoms with van der Waals surface area (Å²) in [6, 6.07) is 6.18. The summed E-state index contributed by atoms with van der Waals surface area (Å²) in [6.07, 6.45) is 0. The van der Waals surface area contributed by atoms with Crippen LogP contribution in [0.5, 0.6) is 5.75 Å². The molecule has 1 rings (SSSR count). The van der Waals surface area contributed by atoms with Gasteiger partial charge in [-0.3, -0.25) is 0 Å². The van der Waals surface area contributed by atoms with E-state index in [1.165, 1.54) is 0 Å². The molecule has 3 nitrogen and oxygen atoms in total. The lowest BCUT2D eigenvalue weighted by Gasteiger charge is -2.29. The smallest absolute Gasteiger partial charge is 0.344 e. The molecule has 1 aromatic rings. The van der Waals surface area contributed by atoms with Gasteiger partial charge in [-0.25, -0.2) is 4.79 Å². The maximum atomic E-state index is 11.6. The summed E-state index contributed by atoms with van der Waals surface area (Å²) in [6.45, 7) is 15.0. The van der Waals surface area contributed by atoms with E-state index in [-0.39, 0.29) is 23.4 Å². The second kappa shape index (κ2) is 6.50. The molecule has 0 aliphatic carbocycles. The molecule has 0 saturated heterocycles. The standard InChI is InChI=1S/C18H28O3/c1-8-20-15(19)12-21-16-13(17(2,3)4)10-9-11-14(16)18(5,6)7/h9-11H,8,12H2,1-7H3. The minimum atomic E-state index is -0.332. The van der Waals surface area contributed by atoms with Gasteiger partial charge >= 0.3 is 5.97 Å².